The molecule has 0 aliphatic carbocycles. The zero-order valence-electron chi connectivity index (χ0n) is 10.8. The van der Waals surface area contributed by atoms with E-state index in [2.05, 4.69) is 0 Å². The molecule has 0 saturated heterocycles. The van der Waals surface area contributed by atoms with Gasteiger partial charge in [0, 0.05) is 16.1 Å². The van der Waals surface area contributed by atoms with Crippen LogP contribution in [-0.4, -0.2) is 5.78 Å². The largest absolute Gasteiger partial charge is 0.289 e. The molecule has 2 rings (SSSR count). The summed E-state index contributed by atoms with van der Waals surface area (Å²) in [6.07, 6.45) is 0. The van der Waals surface area contributed by atoms with Gasteiger partial charge in [0.25, 0.3) is 0 Å². The summed E-state index contributed by atoms with van der Waals surface area (Å²) in [5, 5.41) is 0.702. The number of aryl methyl sites for hydroxylation is 3. The predicted molar refractivity (Wildman–Crippen MR) is 75.5 cm³/mol. The molecule has 0 spiro atoms. The zero-order valence-corrected chi connectivity index (χ0v) is 11.5. The molecule has 0 amide bonds. The minimum Gasteiger partial charge on any atom is -0.289 e. The fourth-order valence-electron chi connectivity index (χ4n) is 1.89. The molecule has 0 heterocycles. The Hall–Kier alpha value is -1.60. The Morgan fingerprint density at radius 2 is 1.56 bits per heavy atom. The molecule has 2 aromatic rings. The molecule has 18 heavy (non-hydrogen) atoms. The molecule has 0 atom stereocenters. The van der Waals surface area contributed by atoms with Crippen molar-refractivity contribution < 1.29 is 4.79 Å². The lowest BCUT2D eigenvalue weighted by atomic mass is 9.97. The van der Waals surface area contributed by atoms with Gasteiger partial charge in [-0.05, 0) is 44.0 Å². The summed E-state index contributed by atoms with van der Waals surface area (Å²) in [6.45, 7) is 5.83. The van der Waals surface area contributed by atoms with E-state index >= 15 is 0 Å². The van der Waals surface area contributed by atoms with Crippen LogP contribution < -0.4 is 0 Å². The monoisotopic (exact) mass is 258 g/mol. The number of ketones is 1. The van der Waals surface area contributed by atoms with Crippen molar-refractivity contribution in [2.75, 3.05) is 0 Å². The van der Waals surface area contributed by atoms with Gasteiger partial charge in [-0.2, -0.15) is 0 Å². The summed E-state index contributed by atoms with van der Waals surface area (Å²) in [5.41, 5.74) is 4.43. The zero-order chi connectivity index (χ0) is 13.3. The van der Waals surface area contributed by atoms with Gasteiger partial charge in [-0.3, -0.25) is 4.79 Å². The Morgan fingerprint density at radius 3 is 2.17 bits per heavy atom. The molecule has 92 valence electrons. The third-order valence-corrected chi connectivity index (χ3v) is 3.47. The van der Waals surface area contributed by atoms with Gasteiger partial charge in [-0.1, -0.05) is 41.4 Å². The predicted octanol–water partition coefficient (Wildman–Crippen LogP) is 4.50. The third-order valence-electron chi connectivity index (χ3n) is 3.06. The third kappa shape index (κ3) is 2.46. The van der Waals surface area contributed by atoms with Gasteiger partial charge in [0.15, 0.2) is 5.78 Å². The topological polar surface area (TPSA) is 17.1 Å². The van der Waals surface area contributed by atoms with Gasteiger partial charge in [0.05, 0.1) is 0 Å². The number of rotatable bonds is 2. The Bertz CT molecular complexity index is 597. The van der Waals surface area contributed by atoms with Crippen LogP contribution in [0.4, 0.5) is 0 Å². The van der Waals surface area contributed by atoms with Crippen molar-refractivity contribution >= 4 is 17.4 Å². The fraction of sp³-hybridized carbons (Fsp3) is 0.188. The molecular weight excluding hydrogens is 244 g/mol. The van der Waals surface area contributed by atoms with Crippen LogP contribution in [0.15, 0.2) is 36.4 Å². The van der Waals surface area contributed by atoms with E-state index in [4.69, 9.17) is 11.6 Å². The number of carbonyl (C=O) groups is 1. The first kappa shape index (κ1) is 12.8. The van der Waals surface area contributed by atoms with Gasteiger partial charge in [-0.25, -0.2) is 0 Å². The van der Waals surface area contributed by atoms with E-state index in [1.54, 1.807) is 0 Å². The standard InChI is InChI=1S/C16H15ClO/c1-10-4-6-13(7-5-10)16(18)14-8-12(3)15(17)9-11(14)2/h4-9H,1-3H3. The summed E-state index contributed by atoms with van der Waals surface area (Å²) in [4.78, 5) is 12.4. The average molecular weight is 259 g/mol. The van der Waals surface area contributed by atoms with Gasteiger partial charge in [0.2, 0.25) is 0 Å². The number of hydrogen-bond acceptors (Lipinski definition) is 1. The number of benzene rings is 2. The van der Waals surface area contributed by atoms with E-state index < -0.39 is 0 Å². The van der Waals surface area contributed by atoms with Gasteiger partial charge < -0.3 is 0 Å². The maximum atomic E-state index is 12.4. The van der Waals surface area contributed by atoms with Crippen molar-refractivity contribution in [2.24, 2.45) is 0 Å². The maximum Gasteiger partial charge on any atom is 0.193 e. The van der Waals surface area contributed by atoms with Crippen LogP contribution in [0.5, 0.6) is 0 Å². The first-order chi connectivity index (χ1) is 8.49. The van der Waals surface area contributed by atoms with Crippen molar-refractivity contribution in [3.8, 4) is 0 Å². The minimum atomic E-state index is 0.0484. The van der Waals surface area contributed by atoms with Crippen LogP contribution in [0.25, 0.3) is 0 Å². The molecule has 0 unspecified atom stereocenters. The molecule has 1 nitrogen and oxygen atoms in total. The Labute approximate surface area is 112 Å². The minimum absolute atomic E-state index is 0.0484. The molecule has 2 heteroatoms. The highest BCUT2D eigenvalue weighted by atomic mass is 35.5. The molecule has 0 aliphatic rings. The van der Waals surface area contributed by atoms with Crippen molar-refractivity contribution in [1.82, 2.24) is 0 Å². The Kier molecular flexibility index (Phi) is 3.53. The summed E-state index contributed by atoms with van der Waals surface area (Å²) in [5.74, 6) is 0.0484. The van der Waals surface area contributed by atoms with Crippen LogP contribution in [0.1, 0.15) is 32.6 Å². The van der Waals surface area contributed by atoms with Crippen LogP contribution in [0.3, 0.4) is 0 Å². The summed E-state index contributed by atoms with van der Waals surface area (Å²) < 4.78 is 0. The number of hydrogen-bond donors (Lipinski definition) is 0. The lowest BCUT2D eigenvalue weighted by Gasteiger charge is -2.08. The van der Waals surface area contributed by atoms with Crippen molar-refractivity contribution in [1.29, 1.82) is 0 Å². The number of carbonyl (C=O) groups excluding carboxylic acids is 1. The molecule has 0 aliphatic heterocycles. The van der Waals surface area contributed by atoms with Crippen LogP contribution in [-0.2, 0) is 0 Å². The highest BCUT2D eigenvalue weighted by molar-refractivity contribution is 6.31. The summed E-state index contributed by atoms with van der Waals surface area (Å²) in [7, 11) is 0. The molecule has 0 bridgehead atoms. The lowest BCUT2D eigenvalue weighted by molar-refractivity contribution is 0.103. The van der Waals surface area contributed by atoms with E-state index in [9.17, 15) is 4.79 Å². The number of halogens is 1. The van der Waals surface area contributed by atoms with Crippen LogP contribution >= 0.6 is 11.6 Å². The summed E-state index contributed by atoms with van der Waals surface area (Å²) >= 11 is 6.05. The molecule has 0 N–H and O–H groups in total. The van der Waals surface area contributed by atoms with Gasteiger partial charge in [-0.15, -0.1) is 0 Å². The fourth-order valence-corrected chi connectivity index (χ4v) is 2.10. The Balaban J connectivity index is 2.46. The SMILES string of the molecule is Cc1ccc(C(=O)c2cc(C)c(Cl)cc2C)cc1. The van der Waals surface area contributed by atoms with E-state index in [0.717, 1.165) is 22.3 Å². The molecular formula is C16H15ClO. The normalized spacial score (nSPS) is 10.4. The molecule has 2 aromatic carbocycles. The van der Waals surface area contributed by atoms with E-state index in [1.807, 2.05) is 57.2 Å². The lowest BCUT2D eigenvalue weighted by Crippen LogP contribution is -2.04. The van der Waals surface area contributed by atoms with Crippen LogP contribution in [0, 0.1) is 20.8 Å². The first-order valence-corrected chi connectivity index (χ1v) is 6.25. The highest BCUT2D eigenvalue weighted by Crippen LogP contribution is 2.22. The maximum absolute atomic E-state index is 12.4. The van der Waals surface area contributed by atoms with Gasteiger partial charge >= 0.3 is 0 Å². The average Bonchev–Trinajstić information content (AvgIpc) is 2.34. The smallest absolute Gasteiger partial charge is 0.193 e. The Morgan fingerprint density at radius 1 is 0.944 bits per heavy atom. The molecule has 0 radical (unpaired) electrons. The highest BCUT2D eigenvalue weighted by Gasteiger charge is 2.13. The van der Waals surface area contributed by atoms with E-state index in [1.165, 1.54) is 0 Å². The van der Waals surface area contributed by atoms with E-state index in [-0.39, 0.29) is 5.78 Å². The molecule has 0 saturated carbocycles. The van der Waals surface area contributed by atoms with Crippen molar-refractivity contribution in [3.63, 3.8) is 0 Å². The van der Waals surface area contributed by atoms with E-state index in [0.29, 0.717) is 10.6 Å². The second kappa shape index (κ2) is 4.95. The van der Waals surface area contributed by atoms with Crippen LogP contribution in [0.2, 0.25) is 5.02 Å². The first-order valence-electron chi connectivity index (χ1n) is 5.87. The van der Waals surface area contributed by atoms with Crippen molar-refractivity contribution in [2.45, 2.75) is 20.8 Å². The summed E-state index contributed by atoms with van der Waals surface area (Å²) in [6, 6.07) is 11.3. The second-order valence-corrected chi connectivity index (χ2v) is 5.02. The second-order valence-electron chi connectivity index (χ2n) is 4.61. The van der Waals surface area contributed by atoms with Crippen molar-refractivity contribution in [3.05, 3.63) is 69.2 Å². The molecule has 0 aromatic heterocycles. The molecule has 0 fully saturated rings. The quantitative estimate of drug-likeness (QED) is 0.725. The van der Waals surface area contributed by atoms with Gasteiger partial charge in [0.1, 0.15) is 0 Å².